The molecule has 2 heterocycles. The molecule has 0 spiro atoms. The van der Waals surface area contributed by atoms with Gasteiger partial charge in [-0.3, -0.25) is 4.79 Å². The van der Waals surface area contributed by atoms with Gasteiger partial charge in [-0.2, -0.15) is 14.4 Å². The van der Waals surface area contributed by atoms with Crippen molar-refractivity contribution in [2.24, 2.45) is 0 Å². The Morgan fingerprint density at radius 2 is 2.06 bits per heavy atom. The van der Waals surface area contributed by atoms with Crippen LogP contribution in [-0.4, -0.2) is 31.5 Å². The number of imidazole rings is 1. The smallest absolute Gasteiger partial charge is 0.312 e. The van der Waals surface area contributed by atoms with E-state index in [4.69, 9.17) is 5.73 Å². The van der Waals surface area contributed by atoms with Crippen LogP contribution in [0.2, 0.25) is 0 Å². The molecule has 5 rings (SSSR count). The quantitative estimate of drug-likeness (QED) is 0.371. The highest BCUT2D eigenvalue weighted by molar-refractivity contribution is 14.1. The summed E-state index contributed by atoms with van der Waals surface area (Å²) in [5.74, 6) is 0.481. The number of anilines is 1. The number of aryl methyl sites for hydroxylation is 2. The van der Waals surface area contributed by atoms with E-state index < -0.39 is 12.2 Å². The minimum atomic E-state index is -0.953. The third-order valence-corrected chi connectivity index (χ3v) is 6.84. The van der Waals surface area contributed by atoms with Crippen molar-refractivity contribution >= 4 is 45.5 Å². The van der Waals surface area contributed by atoms with Gasteiger partial charge in [0.1, 0.15) is 12.0 Å². The van der Waals surface area contributed by atoms with Gasteiger partial charge in [0.25, 0.3) is 0 Å². The lowest BCUT2D eigenvalue weighted by atomic mass is 10.0. The fourth-order valence-corrected chi connectivity index (χ4v) is 4.80. The van der Waals surface area contributed by atoms with E-state index in [1.165, 1.54) is 0 Å². The number of fused-ring (bicyclic) bond motifs is 2. The van der Waals surface area contributed by atoms with E-state index in [1.54, 1.807) is 4.57 Å². The van der Waals surface area contributed by atoms with Crippen molar-refractivity contribution in [3.8, 4) is 0 Å². The molecule has 7 nitrogen and oxygen atoms in total. The number of halogens is 3. The summed E-state index contributed by atoms with van der Waals surface area (Å²) in [5, 5.41) is 2.95. The highest BCUT2D eigenvalue weighted by atomic mass is 127. The predicted octanol–water partition coefficient (Wildman–Crippen LogP) is 3.37. The molecular weight excluding hydrogens is 517 g/mol. The van der Waals surface area contributed by atoms with Gasteiger partial charge in [0.05, 0.1) is 0 Å². The van der Waals surface area contributed by atoms with E-state index in [2.05, 4.69) is 42.9 Å². The van der Waals surface area contributed by atoms with E-state index in [1.807, 2.05) is 12.1 Å². The number of nitrogens with zero attached hydrogens (tertiary/aromatic N) is 4. The topological polar surface area (TPSA) is 98.7 Å². The van der Waals surface area contributed by atoms with Crippen LogP contribution in [0.15, 0.2) is 12.1 Å². The molecule has 0 saturated heterocycles. The molecule has 2 aliphatic rings. The third-order valence-electron chi connectivity index (χ3n) is 5.84. The lowest BCUT2D eigenvalue weighted by Gasteiger charge is -2.12. The van der Waals surface area contributed by atoms with Crippen molar-refractivity contribution in [3.63, 3.8) is 0 Å². The van der Waals surface area contributed by atoms with Gasteiger partial charge in [0, 0.05) is 29.0 Å². The van der Waals surface area contributed by atoms with E-state index >= 15 is 0 Å². The van der Waals surface area contributed by atoms with E-state index in [0.29, 0.717) is 24.2 Å². The molecule has 0 radical (unpaired) electrons. The molecule has 3 N–H and O–H groups in total. The Labute approximate surface area is 191 Å². The van der Waals surface area contributed by atoms with Crippen LogP contribution < -0.4 is 11.1 Å². The Balaban J connectivity index is 1.50. The van der Waals surface area contributed by atoms with E-state index in [-0.39, 0.29) is 36.4 Å². The zero-order valence-corrected chi connectivity index (χ0v) is 18.8. The molecule has 31 heavy (non-hydrogen) atoms. The molecule has 0 bridgehead atoms. The number of hydrogen-bond donors (Lipinski definition) is 2. The monoisotopic (exact) mass is 538 g/mol. The number of hydrogen-bond acceptors (Lipinski definition) is 5. The number of carbonyl (C=O) groups excluding carboxylic acids is 1. The van der Waals surface area contributed by atoms with Crippen molar-refractivity contribution in [2.75, 3.05) is 5.73 Å². The summed E-state index contributed by atoms with van der Waals surface area (Å²) in [6.07, 6.45) is 1.98. The van der Waals surface area contributed by atoms with Crippen molar-refractivity contribution < 1.29 is 13.6 Å². The van der Waals surface area contributed by atoms with Crippen LogP contribution in [0.3, 0.4) is 0 Å². The van der Waals surface area contributed by atoms with Crippen LogP contribution in [0.1, 0.15) is 54.4 Å². The maximum Gasteiger partial charge on any atom is 0.312 e. The molecular formula is C21H21F2IN6O. The Kier molecular flexibility index (Phi) is 5.27. The number of rotatable bonds is 6. The number of nitrogen functional groups attached to an aromatic ring is 1. The molecule has 0 aliphatic heterocycles. The van der Waals surface area contributed by atoms with Crippen LogP contribution in [0.4, 0.5) is 14.6 Å². The summed E-state index contributed by atoms with van der Waals surface area (Å²) in [4.78, 5) is 24.3. The number of carbonyl (C=O) groups is 1. The summed E-state index contributed by atoms with van der Waals surface area (Å²) < 4.78 is 30.9. The second kappa shape index (κ2) is 7.95. The molecule has 10 heteroatoms. The van der Waals surface area contributed by atoms with Gasteiger partial charge in [0.2, 0.25) is 5.91 Å². The normalized spacial score (nSPS) is 17.8. The summed E-state index contributed by atoms with van der Waals surface area (Å²) in [6, 6.07) is 4.19. The van der Waals surface area contributed by atoms with Crippen molar-refractivity contribution in [3.05, 3.63) is 44.3 Å². The van der Waals surface area contributed by atoms with Gasteiger partial charge in [0.15, 0.2) is 17.0 Å². The lowest BCUT2D eigenvalue weighted by molar-refractivity contribution is -0.121. The molecule has 1 saturated carbocycles. The molecule has 1 aromatic carbocycles. The molecule has 2 aliphatic carbocycles. The molecule has 1 unspecified atom stereocenters. The number of amides is 1. The van der Waals surface area contributed by atoms with Gasteiger partial charge in [-0.25, -0.2) is 9.37 Å². The highest BCUT2D eigenvalue weighted by Crippen LogP contribution is 2.37. The maximum absolute atomic E-state index is 14.3. The second-order valence-corrected chi connectivity index (χ2v) is 9.31. The average molecular weight is 538 g/mol. The van der Waals surface area contributed by atoms with Gasteiger partial charge >= 0.3 is 6.08 Å². The van der Waals surface area contributed by atoms with E-state index in [9.17, 15) is 13.6 Å². The standard InChI is InChI=1S/C21H21F2IN6O/c22-14-4-1-10-8-15(24)11(7-13(10)14)9-16-27-18-19(25)28-21(23)29-20(18)30(16)6-5-17(31)26-12-2-3-12/h7-8,12,14H,1-6,9H2,(H,26,31)(H2,25,28,29). The fraction of sp³-hybridized carbons (Fsp3) is 0.429. The van der Waals surface area contributed by atoms with E-state index in [0.717, 1.165) is 39.5 Å². The largest absolute Gasteiger partial charge is 0.382 e. The van der Waals surface area contributed by atoms with Crippen LogP contribution in [-0.2, 0) is 24.2 Å². The average Bonchev–Trinajstić information content (AvgIpc) is 3.36. The Morgan fingerprint density at radius 3 is 2.84 bits per heavy atom. The van der Waals surface area contributed by atoms with Crippen LogP contribution in [0.5, 0.6) is 0 Å². The van der Waals surface area contributed by atoms with Gasteiger partial charge < -0.3 is 15.6 Å². The zero-order valence-electron chi connectivity index (χ0n) is 16.7. The Morgan fingerprint density at radius 1 is 1.26 bits per heavy atom. The first-order chi connectivity index (χ1) is 14.9. The van der Waals surface area contributed by atoms with Gasteiger partial charge in [-0.15, -0.1) is 0 Å². The van der Waals surface area contributed by atoms with Crippen LogP contribution >= 0.6 is 22.6 Å². The van der Waals surface area contributed by atoms with Crippen molar-refractivity contribution in [1.29, 1.82) is 0 Å². The SMILES string of the molecule is Nc1nc(F)nc2c1nc(Cc1cc3c(cc1I)CCC3F)n2CCC(=O)NC1CC1. The third kappa shape index (κ3) is 4.09. The molecule has 3 aromatic rings. The second-order valence-electron chi connectivity index (χ2n) is 8.15. The Bertz CT molecular complexity index is 1190. The number of nitrogens with two attached hydrogens (primary N) is 1. The molecule has 162 valence electrons. The zero-order chi connectivity index (χ0) is 21.7. The van der Waals surface area contributed by atoms with Crippen molar-refractivity contribution in [1.82, 2.24) is 24.8 Å². The predicted molar refractivity (Wildman–Crippen MR) is 120 cm³/mol. The fourth-order valence-electron chi connectivity index (χ4n) is 4.08. The number of benzene rings is 1. The summed E-state index contributed by atoms with van der Waals surface area (Å²) in [7, 11) is 0. The molecule has 1 atom stereocenters. The van der Waals surface area contributed by atoms with Crippen molar-refractivity contribution in [2.45, 2.75) is 57.3 Å². The first-order valence-electron chi connectivity index (χ1n) is 10.3. The summed E-state index contributed by atoms with van der Waals surface area (Å²) >= 11 is 2.25. The minimum Gasteiger partial charge on any atom is -0.382 e. The van der Waals surface area contributed by atoms with Crippen LogP contribution in [0.25, 0.3) is 11.2 Å². The first-order valence-corrected chi connectivity index (χ1v) is 11.4. The van der Waals surface area contributed by atoms with Crippen LogP contribution in [0, 0.1) is 9.65 Å². The summed E-state index contributed by atoms with van der Waals surface area (Å²) in [6.45, 7) is 0.285. The van der Waals surface area contributed by atoms with Gasteiger partial charge in [-0.05, 0) is 71.0 Å². The maximum atomic E-state index is 14.3. The Hall–Kier alpha value is -2.37. The number of aromatic nitrogens is 4. The van der Waals surface area contributed by atoms with Gasteiger partial charge in [-0.1, -0.05) is 6.07 Å². The molecule has 1 fully saturated rings. The number of alkyl halides is 1. The molecule has 1 amide bonds. The first kappa shape index (κ1) is 20.5. The summed E-state index contributed by atoms with van der Waals surface area (Å²) in [5.41, 5.74) is 9.15. The number of nitrogens with one attached hydrogen (secondary N) is 1. The molecule has 2 aromatic heterocycles. The highest BCUT2D eigenvalue weighted by Gasteiger charge is 2.26. The lowest BCUT2D eigenvalue weighted by Crippen LogP contribution is -2.26. The minimum absolute atomic E-state index is 0.0441.